The topological polar surface area (TPSA) is 0 Å². The van der Waals surface area contributed by atoms with Crippen LogP contribution < -0.4 is 0 Å². The molecule has 0 N–H and O–H groups in total. The Labute approximate surface area is 89.9 Å². The van der Waals surface area contributed by atoms with Crippen molar-refractivity contribution in [2.24, 2.45) is 0 Å². The molecule has 0 fully saturated rings. The van der Waals surface area contributed by atoms with Crippen molar-refractivity contribution in [1.29, 1.82) is 0 Å². The van der Waals surface area contributed by atoms with Crippen molar-refractivity contribution in [3.63, 3.8) is 0 Å². The number of hydrogen-bond acceptors (Lipinski definition) is 0. The highest BCUT2D eigenvalue weighted by Gasteiger charge is 1.89. The molecule has 0 aliphatic rings. The molecule has 0 saturated heterocycles. The van der Waals surface area contributed by atoms with E-state index in [1.54, 1.807) is 0 Å². The Bertz CT molecular complexity index is 248. The van der Waals surface area contributed by atoms with E-state index < -0.39 is 0 Å². The molecule has 0 nitrogen and oxygen atoms in total. The Morgan fingerprint density at radius 3 is 2.42 bits per heavy atom. The molecule has 12 heavy (non-hydrogen) atoms. The molecular formula is C10H10Br2. The summed E-state index contributed by atoms with van der Waals surface area (Å²) < 4.78 is 1.03. The van der Waals surface area contributed by atoms with Crippen LogP contribution in [0.3, 0.4) is 0 Å². The first-order valence-electron chi connectivity index (χ1n) is 3.84. The summed E-state index contributed by atoms with van der Waals surface area (Å²) in [4.78, 5) is 0. The van der Waals surface area contributed by atoms with Gasteiger partial charge in [-0.25, -0.2) is 0 Å². The summed E-state index contributed by atoms with van der Waals surface area (Å²) in [5, 5.41) is 0. The minimum Gasteiger partial charge on any atom is -0.0629 e. The minimum atomic E-state index is 1.03. The lowest BCUT2D eigenvalue weighted by molar-refractivity contribution is 1.00. The van der Waals surface area contributed by atoms with Gasteiger partial charge in [-0.1, -0.05) is 36.4 Å². The first-order chi connectivity index (χ1) is 5.79. The van der Waals surface area contributed by atoms with E-state index in [1.165, 1.54) is 5.56 Å². The zero-order chi connectivity index (χ0) is 8.81. The van der Waals surface area contributed by atoms with Crippen LogP contribution in [-0.2, 0) is 6.42 Å². The second-order valence-electron chi connectivity index (χ2n) is 2.52. The zero-order valence-corrected chi connectivity index (χ0v) is 9.81. The fourth-order valence-corrected chi connectivity index (χ4v) is 1.45. The molecule has 0 radical (unpaired) electrons. The second-order valence-corrected chi connectivity index (χ2v) is 5.29. The maximum absolute atomic E-state index is 3.33. The van der Waals surface area contributed by atoms with E-state index in [1.807, 2.05) is 6.07 Å². The first-order valence-corrected chi connectivity index (χ1v) is 5.43. The summed E-state index contributed by atoms with van der Waals surface area (Å²) in [6.07, 6.45) is 4.28. The minimum absolute atomic E-state index is 1.03. The fraction of sp³-hybridized carbons (Fsp3) is 0.200. The molecule has 0 aromatic heterocycles. The molecule has 0 atom stereocenters. The Kier molecular flexibility index (Phi) is 4.62. The number of benzene rings is 1. The van der Waals surface area contributed by atoms with Crippen molar-refractivity contribution < 1.29 is 0 Å². The number of hydrogen-bond donors (Lipinski definition) is 0. The number of rotatable bonds is 3. The normalized spacial score (nSPS) is 9.50. The predicted octanol–water partition coefficient (Wildman–Crippen LogP) is 4.25. The molecule has 1 rings (SSSR count). The van der Waals surface area contributed by atoms with Gasteiger partial charge < -0.3 is 0 Å². The van der Waals surface area contributed by atoms with Crippen LogP contribution in [-0.4, -0.2) is 0 Å². The quantitative estimate of drug-likeness (QED) is 0.780. The van der Waals surface area contributed by atoms with Crippen LogP contribution in [0.2, 0.25) is 0 Å². The van der Waals surface area contributed by atoms with E-state index in [2.05, 4.69) is 62.2 Å². The Balaban J connectivity index is 2.39. The third-order valence-electron chi connectivity index (χ3n) is 1.57. The van der Waals surface area contributed by atoms with Crippen LogP contribution in [0, 0.1) is 0 Å². The molecule has 1 aromatic rings. The van der Waals surface area contributed by atoms with E-state index in [0.29, 0.717) is 0 Å². The Hall–Kier alpha value is -0.0800. The highest BCUT2D eigenvalue weighted by Crippen LogP contribution is 2.14. The molecule has 1 aromatic carbocycles. The maximum Gasteiger partial charge on any atom is 0.0564 e. The summed E-state index contributed by atoms with van der Waals surface area (Å²) in [6.45, 7) is 0. The highest BCUT2D eigenvalue weighted by atomic mass is 79.9. The lowest BCUT2D eigenvalue weighted by Gasteiger charge is -1.95. The van der Waals surface area contributed by atoms with Crippen molar-refractivity contribution in [3.8, 4) is 0 Å². The Morgan fingerprint density at radius 2 is 1.83 bits per heavy atom. The van der Waals surface area contributed by atoms with Gasteiger partial charge in [-0.2, -0.15) is 0 Å². The second kappa shape index (κ2) is 5.55. The number of halogens is 2. The summed E-state index contributed by atoms with van der Waals surface area (Å²) in [5.74, 6) is 0. The number of allylic oxidation sites excluding steroid dienone is 1. The smallest absolute Gasteiger partial charge is 0.0564 e. The molecule has 0 bridgehead atoms. The molecule has 0 amide bonds. The van der Waals surface area contributed by atoms with Gasteiger partial charge in [-0.05, 0) is 50.3 Å². The van der Waals surface area contributed by atoms with Crippen LogP contribution >= 0.6 is 31.9 Å². The molecule has 0 aliphatic carbocycles. The summed E-state index contributed by atoms with van der Waals surface area (Å²) in [5.41, 5.74) is 1.38. The standard InChI is InChI=1S/C10H10Br2/c11-10(12)8-4-7-9-5-2-1-3-6-9/h1-3,5-6,8H,4,7H2. The van der Waals surface area contributed by atoms with Crippen LogP contribution in [0.25, 0.3) is 0 Å². The van der Waals surface area contributed by atoms with Crippen LogP contribution in [0.1, 0.15) is 12.0 Å². The summed E-state index contributed by atoms with van der Waals surface area (Å²) >= 11 is 6.65. The van der Waals surface area contributed by atoms with Gasteiger partial charge in [0, 0.05) is 0 Å². The van der Waals surface area contributed by atoms with E-state index in [9.17, 15) is 0 Å². The molecule has 0 saturated carbocycles. The van der Waals surface area contributed by atoms with Crippen molar-refractivity contribution in [2.45, 2.75) is 12.8 Å². The van der Waals surface area contributed by atoms with Gasteiger partial charge >= 0.3 is 0 Å². The largest absolute Gasteiger partial charge is 0.0629 e. The van der Waals surface area contributed by atoms with Crippen LogP contribution in [0.5, 0.6) is 0 Å². The molecule has 0 aliphatic heterocycles. The molecule has 2 heteroatoms. The van der Waals surface area contributed by atoms with Gasteiger partial charge in [0.25, 0.3) is 0 Å². The molecular weight excluding hydrogens is 280 g/mol. The fourth-order valence-electron chi connectivity index (χ4n) is 0.993. The van der Waals surface area contributed by atoms with Crippen LogP contribution in [0.15, 0.2) is 39.8 Å². The number of aryl methyl sites for hydroxylation is 1. The van der Waals surface area contributed by atoms with Crippen molar-refractivity contribution in [2.75, 3.05) is 0 Å². The summed E-state index contributed by atoms with van der Waals surface area (Å²) in [6, 6.07) is 10.5. The van der Waals surface area contributed by atoms with E-state index >= 15 is 0 Å². The van der Waals surface area contributed by atoms with Gasteiger partial charge in [0.2, 0.25) is 0 Å². The average Bonchev–Trinajstić information content (AvgIpc) is 2.05. The molecule has 0 heterocycles. The van der Waals surface area contributed by atoms with E-state index in [0.717, 1.165) is 16.2 Å². The van der Waals surface area contributed by atoms with Crippen molar-refractivity contribution >= 4 is 31.9 Å². The van der Waals surface area contributed by atoms with Gasteiger partial charge in [0.15, 0.2) is 0 Å². The maximum atomic E-state index is 3.33. The Morgan fingerprint density at radius 1 is 1.17 bits per heavy atom. The van der Waals surface area contributed by atoms with Gasteiger partial charge in [-0.3, -0.25) is 0 Å². The lowest BCUT2D eigenvalue weighted by atomic mass is 10.1. The molecule has 0 spiro atoms. The van der Waals surface area contributed by atoms with Gasteiger partial charge in [-0.15, -0.1) is 0 Å². The highest BCUT2D eigenvalue weighted by molar-refractivity contribution is 9.28. The van der Waals surface area contributed by atoms with Crippen molar-refractivity contribution in [1.82, 2.24) is 0 Å². The first kappa shape index (κ1) is 10.0. The van der Waals surface area contributed by atoms with Crippen molar-refractivity contribution in [3.05, 3.63) is 45.4 Å². The third kappa shape index (κ3) is 4.07. The zero-order valence-electron chi connectivity index (χ0n) is 6.63. The summed E-state index contributed by atoms with van der Waals surface area (Å²) in [7, 11) is 0. The van der Waals surface area contributed by atoms with Gasteiger partial charge in [0.05, 0.1) is 3.39 Å². The lowest BCUT2D eigenvalue weighted by Crippen LogP contribution is -1.80. The van der Waals surface area contributed by atoms with Gasteiger partial charge in [0.1, 0.15) is 0 Å². The predicted molar refractivity (Wildman–Crippen MR) is 60.7 cm³/mol. The average molecular weight is 290 g/mol. The SMILES string of the molecule is BrC(Br)=CCCc1ccccc1. The molecule has 0 unspecified atom stereocenters. The molecule has 64 valence electrons. The third-order valence-corrected chi connectivity index (χ3v) is 2.22. The van der Waals surface area contributed by atoms with E-state index in [-0.39, 0.29) is 0 Å². The monoisotopic (exact) mass is 288 g/mol. The van der Waals surface area contributed by atoms with E-state index in [4.69, 9.17) is 0 Å². The van der Waals surface area contributed by atoms with Crippen LogP contribution in [0.4, 0.5) is 0 Å².